The van der Waals surface area contributed by atoms with Crippen molar-refractivity contribution in [2.45, 2.75) is 46.5 Å². The van der Waals surface area contributed by atoms with E-state index in [0.29, 0.717) is 42.3 Å². The number of benzene rings is 1. The van der Waals surface area contributed by atoms with Gasteiger partial charge in [-0.05, 0) is 6.92 Å². The van der Waals surface area contributed by atoms with Crippen molar-refractivity contribution in [2.24, 2.45) is 5.73 Å². The summed E-state index contributed by atoms with van der Waals surface area (Å²) in [6, 6.07) is 6.67. The van der Waals surface area contributed by atoms with Crippen LogP contribution in [0, 0.1) is 0 Å². The van der Waals surface area contributed by atoms with E-state index >= 15 is 0 Å². The van der Waals surface area contributed by atoms with Gasteiger partial charge in [0.05, 0.1) is 5.73 Å². The van der Waals surface area contributed by atoms with Crippen LogP contribution in [0.25, 0.3) is 0 Å². The third kappa shape index (κ3) is 29.0. The number of ketones is 3. The van der Waals surface area contributed by atoms with Gasteiger partial charge in [0.2, 0.25) is 11.8 Å². The first-order chi connectivity index (χ1) is 19.4. The Kier molecular flexibility index (Phi) is 25.8. The van der Waals surface area contributed by atoms with Crippen LogP contribution >= 0.6 is 21.6 Å². The second-order valence-corrected chi connectivity index (χ2v) is 12.3. The number of alkyl halides is 3. The van der Waals surface area contributed by atoms with Crippen LogP contribution in [-0.2, 0) is 39.9 Å². The van der Waals surface area contributed by atoms with E-state index in [1.165, 1.54) is 13.8 Å². The fourth-order valence-electron chi connectivity index (χ4n) is 2.39. The fraction of sp³-hybridized carbons (Fsp3) is 0.538. The molecule has 1 unspecified atom stereocenters. The summed E-state index contributed by atoms with van der Waals surface area (Å²) in [5.41, 5.74) is 5.25. The summed E-state index contributed by atoms with van der Waals surface area (Å²) in [6.07, 6.45) is 1.78. The van der Waals surface area contributed by atoms with Crippen molar-refractivity contribution in [1.29, 1.82) is 0 Å². The van der Waals surface area contributed by atoms with Gasteiger partial charge < -0.3 is 11.1 Å². The van der Waals surface area contributed by atoms with Crippen LogP contribution in [0.4, 0.5) is 10.1 Å². The Balaban J connectivity index is 0. The maximum absolute atomic E-state index is 11.8. The Bertz CT molecular complexity index is 956. The first-order valence-corrected chi connectivity index (χ1v) is 18.2. The molecule has 14 heteroatoms. The van der Waals surface area contributed by atoms with Crippen molar-refractivity contribution < 1.29 is 60.5 Å². The molecule has 0 saturated carbocycles. The van der Waals surface area contributed by atoms with E-state index < -0.39 is 11.7 Å². The van der Waals surface area contributed by atoms with E-state index in [4.69, 9.17) is 6.11 Å². The second kappa shape index (κ2) is 27.1. The molecule has 0 radical (unpaired) electrons. The van der Waals surface area contributed by atoms with Gasteiger partial charge in [0, 0.05) is 34.1 Å². The molecule has 0 saturated heterocycles. The number of Topliss-reactive ketones (excluding diaryl/α,β-unsaturated/α-hetero) is 3. The molecule has 40 heavy (non-hydrogen) atoms. The van der Waals surface area contributed by atoms with E-state index in [2.05, 4.69) is 16.4 Å². The van der Waals surface area contributed by atoms with E-state index in [1.807, 2.05) is 17.1 Å². The summed E-state index contributed by atoms with van der Waals surface area (Å²) in [7, 11) is 1.83. The van der Waals surface area contributed by atoms with Crippen LogP contribution in [-0.4, -0.2) is 75.9 Å². The first-order valence-electron chi connectivity index (χ1n) is 12.7. The maximum atomic E-state index is 11.8. The van der Waals surface area contributed by atoms with Crippen molar-refractivity contribution in [3.05, 3.63) is 29.8 Å². The molecule has 3 amide bonds. The number of ether oxygens (including phenoxy) is 1. The summed E-state index contributed by atoms with van der Waals surface area (Å²) >= 11 is -0.0937. The predicted molar refractivity (Wildman–Crippen MR) is 155 cm³/mol. The van der Waals surface area contributed by atoms with Gasteiger partial charge in [-0.2, -0.15) is 0 Å². The molecular formula is C26H40FIN3O7S2-. The van der Waals surface area contributed by atoms with E-state index in [0.717, 1.165) is 27.2 Å². The van der Waals surface area contributed by atoms with Crippen LogP contribution in [0.5, 0.6) is 0 Å². The van der Waals surface area contributed by atoms with Crippen molar-refractivity contribution >= 4 is 62.3 Å². The molecule has 10 nitrogen and oxygen atoms in total. The molecule has 1 rings (SSSR count). The molecule has 0 aliphatic rings. The minimum absolute atomic E-state index is 0.0193. The maximum Gasteiger partial charge on any atom is 0.145 e. The van der Waals surface area contributed by atoms with Gasteiger partial charge in [-0.3, -0.25) is 19.2 Å². The molecule has 0 heterocycles. The molecule has 0 aliphatic carbocycles. The Labute approximate surface area is 255 Å². The Hall–Kier alpha value is -2.04. The summed E-state index contributed by atoms with van der Waals surface area (Å²) < 4.78 is 24.0. The van der Waals surface area contributed by atoms with Gasteiger partial charge in [0.1, 0.15) is 17.6 Å². The van der Waals surface area contributed by atoms with E-state index in [9.17, 15) is 33.2 Å². The van der Waals surface area contributed by atoms with Gasteiger partial charge >= 0.3 is 117 Å². The van der Waals surface area contributed by atoms with Crippen molar-refractivity contribution in [3.8, 4) is 0 Å². The Morgan fingerprint density at radius 1 is 1.00 bits per heavy atom. The Morgan fingerprint density at radius 2 is 1.62 bits per heavy atom. The number of carbonyl (C=O) groups excluding carboxylic acids is 6. The summed E-state index contributed by atoms with van der Waals surface area (Å²) in [4.78, 5) is 67.7. The summed E-state index contributed by atoms with van der Waals surface area (Å²) in [6.45, 7) is 4.64. The molecule has 4 N–H and O–H groups in total. The smallest absolute Gasteiger partial charge is 0.145 e. The van der Waals surface area contributed by atoms with Gasteiger partial charge in [-0.1, -0.05) is 28.5 Å². The predicted octanol–water partition coefficient (Wildman–Crippen LogP) is -0.277. The molecule has 1 aromatic carbocycles. The topological polar surface area (TPSA) is 162 Å². The molecule has 0 bridgehead atoms. The zero-order valence-corrected chi connectivity index (χ0v) is 27.0. The van der Waals surface area contributed by atoms with Crippen LogP contribution in [0.2, 0.25) is 0 Å². The van der Waals surface area contributed by atoms with Crippen LogP contribution in [0.3, 0.4) is 0 Å². The second-order valence-electron chi connectivity index (χ2n) is 7.83. The number of hydrogen-bond acceptors (Lipinski definition) is 9. The quantitative estimate of drug-likeness (QED) is 0.105. The molecule has 1 aromatic rings. The monoisotopic (exact) mass is 717 g/mol. The number of aryl methyl sites for hydroxylation is 1. The number of anilines is 1. The average molecular weight is 718 g/mol. The molecule has 1 atom stereocenters. The molecule has 0 aromatic heterocycles. The van der Waals surface area contributed by atoms with Crippen LogP contribution in [0.15, 0.2) is 24.3 Å². The molecular weight excluding hydrogens is 676 g/mol. The van der Waals surface area contributed by atoms with Gasteiger partial charge in [0.15, 0.2) is 0 Å². The number of amides is 3. The van der Waals surface area contributed by atoms with E-state index in [-0.39, 0.29) is 69.5 Å². The van der Waals surface area contributed by atoms with Crippen LogP contribution < -0.4 is 37.6 Å². The SMILES string of the molecule is CC(N)=O.CCC(=O)CCNC(=O)CCc1ccc(NC(=O)COCC(=O)C[I-]C)cc1.[2H]C(SSCF)C(C)=O. The largest absolute Gasteiger partial charge is 0.299 e. The average Bonchev–Trinajstić information content (AvgIpc) is 2.91. The number of nitrogens with two attached hydrogens (primary N) is 1. The standard InChI is InChI=1S/C20H28IN2O5.C4H7FOS2.C2H5NO/c1-3-17(24)10-11-22-19(26)9-6-15-4-7-16(8-5-15)23-20(27)14-28-13-18(25)12-21-2;1-4(6)2-7-8-3-5;1-2(3)4/h4-5,7-8H,3,6,9-14H2,1-2H3,(H,22,26)(H,23,27);2-3H2,1H3;1H3,(H2,3,4)/q-1;;/i;2D;. The number of hydrogen-bond donors (Lipinski definition) is 3. The number of primary amides is 1. The third-order valence-electron chi connectivity index (χ3n) is 4.10. The first kappa shape index (κ1) is 38.0. The van der Waals surface area contributed by atoms with E-state index in [1.54, 1.807) is 19.1 Å². The third-order valence-corrected chi connectivity index (χ3v) is 7.34. The molecule has 0 spiro atoms. The number of nitrogens with one attached hydrogen (secondary N) is 2. The number of rotatable bonds is 18. The minimum atomic E-state index is -0.828. The van der Waals surface area contributed by atoms with Gasteiger partial charge in [0.25, 0.3) is 0 Å². The van der Waals surface area contributed by atoms with Crippen molar-refractivity contribution in [3.63, 3.8) is 0 Å². The summed E-state index contributed by atoms with van der Waals surface area (Å²) in [5.74, 6) is -0.794. The fourth-order valence-corrected chi connectivity index (χ4v) is 4.48. The number of halogens is 2. The minimum Gasteiger partial charge on any atom is -0.299 e. The molecule has 0 aliphatic heterocycles. The van der Waals surface area contributed by atoms with Crippen molar-refractivity contribution in [1.82, 2.24) is 5.32 Å². The van der Waals surface area contributed by atoms with Crippen LogP contribution in [0.1, 0.15) is 47.0 Å². The molecule has 0 fully saturated rings. The van der Waals surface area contributed by atoms with Gasteiger partial charge in [-0.25, -0.2) is 4.39 Å². The van der Waals surface area contributed by atoms with Crippen molar-refractivity contribution in [2.75, 3.05) is 46.2 Å². The summed E-state index contributed by atoms with van der Waals surface area (Å²) in [5, 5.41) is 5.44. The van der Waals surface area contributed by atoms with Gasteiger partial charge in [-0.15, -0.1) is 0 Å². The molecule has 228 valence electrons. The number of carbonyl (C=O) groups is 6. The zero-order chi connectivity index (χ0) is 31.6. The Morgan fingerprint density at radius 3 is 2.15 bits per heavy atom. The normalized spacial score (nSPS) is 11.0. The zero-order valence-electron chi connectivity index (χ0n) is 24.3.